The van der Waals surface area contributed by atoms with Crippen molar-refractivity contribution in [3.8, 4) is 0 Å². The largest absolute Gasteiger partial charge is 0.370 e. The predicted octanol–water partition coefficient (Wildman–Crippen LogP) is 1.01. The Balaban J connectivity index is 2.07. The molecule has 1 aliphatic carbocycles. The SMILES string of the molecule is NC(N)=NCC1(N2CCSCC2)CCCCC1. The van der Waals surface area contributed by atoms with E-state index < -0.39 is 0 Å². The lowest BCUT2D eigenvalue weighted by molar-refractivity contribution is 0.0673. The van der Waals surface area contributed by atoms with E-state index in [1.54, 1.807) is 0 Å². The van der Waals surface area contributed by atoms with Crippen molar-refractivity contribution in [3.05, 3.63) is 0 Å². The highest BCUT2D eigenvalue weighted by Crippen LogP contribution is 2.35. The molecule has 98 valence electrons. The van der Waals surface area contributed by atoms with Crippen LogP contribution < -0.4 is 11.5 Å². The third-order valence-corrected chi connectivity index (χ3v) is 4.96. The molecule has 2 rings (SSSR count). The van der Waals surface area contributed by atoms with Crippen molar-refractivity contribution >= 4 is 17.7 Å². The average Bonchev–Trinajstić information content (AvgIpc) is 2.39. The fourth-order valence-electron chi connectivity index (χ4n) is 3.06. The second-order valence-electron chi connectivity index (χ2n) is 5.13. The number of aliphatic imine (C=N–C) groups is 1. The molecule has 0 atom stereocenters. The molecule has 17 heavy (non-hydrogen) atoms. The maximum absolute atomic E-state index is 5.50. The molecule has 1 aliphatic heterocycles. The zero-order valence-corrected chi connectivity index (χ0v) is 11.3. The molecule has 0 aromatic rings. The summed E-state index contributed by atoms with van der Waals surface area (Å²) in [5.41, 5.74) is 11.3. The van der Waals surface area contributed by atoms with Crippen molar-refractivity contribution in [3.63, 3.8) is 0 Å². The fourth-order valence-corrected chi connectivity index (χ4v) is 3.96. The van der Waals surface area contributed by atoms with Gasteiger partial charge in [0.15, 0.2) is 5.96 Å². The first kappa shape index (κ1) is 13.0. The number of guanidine groups is 1. The lowest BCUT2D eigenvalue weighted by atomic mass is 9.80. The van der Waals surface area contributed by atoms with Crippen LogP contribution in [-0.4, -0.2) is 47.5 Å². The van der Waals surface area contributed by atoms with Gasteiger partial charge in [0.1, 0.15) is 0 Å². The van der Waals surface area contributed by atoms with Crippen molar-refractivity contribution in [1.82, 2.24) is 4.90 Å². The van der Waals surface area contributed by atoms with Gasteiger partial charge in [-0.25, -0.2) is 0 Å². The van der Waals surface area contributed by atoms with E-state index in [1.165, 1.54) is 56.7 Å². The van der Waals surface area contributed by atoms with Crippen LogP contribution in [0.5, 0.6) is 0 Å². The Hall–Kier alpha value is -0.420. The van der Waals surface area contributed by atoms with Crippen LogP contribution in [0.25, 0.3) is 0 Å². The smallest absolute Gasteiger partial charge is 0.185 e. The summed E-state index contributed by atoms with van der Waals surface area (Å²) in [5.74, 6) is 2.74. The average molecular weight is 256 g/mol. The van der Waals surface area contributed by atoms with Crippen LogP contribution in [-0.2, 0) is 0 Å². The van der Waals surface area contributed by atoms with E-state index >= 15 is 0 Å². The van der Waals surface area contributed by atoms with Crippen LogP contribution in [0.2, 0.25) is 0 Å². The van der Waals surface area contributed by atoms with Gasteiger partial charge in [-0.05, 0) is 12.8 Å². The molecule has 0 bridgehead atoms. The Morgan fingerprint density at radius 1 is 1.12 bits per heavy atom. The number of hydrogen-bond donors (Lipinski definition) is 2. The van der Waals surface area contributed by atoms with Gasteiger partial charge in [0, 0.05) is 30.1 Å². The maximum atomic E-state index is 5.50. The number of rotatable bonds is 3. The van der Waals surface area contributed by atoms with Crippen molar-refractivity contribution in [1.29, 1.82) is 0 Å². The molecular weight excluding hydrogens is 232 g/mol. The van der Waals surface area contributed by atoms with Crippen LogP contribution in [0.4, 0.5) is 0 Å². The first-order valence-corrected chi connectivity index (χ1v) is 7.77. The summed E-state index contributed by atoms with van der Waals surface area (Å²) in [6.07, 6.45) is 6.53. The van der Waals surface area contributed by atoms with Crippen LogP contribution in [0.1, 0.15) is 32.1 Å². The van der Waals surface area contributed by atoms with Crippen molar-refractivity contribution in [2.24, 2.45) is 16.5 Å². The first-order chi connectivity index (χ1) is 8.23. The molecule has 0 unspecified atom stereocenters. The molecule has 2 aliphatic rings. The van der Waals surface area contributed by atoms with E-state index in [0.29, 0.717) is 0 Å². The van der Waals surface area contributed by atoms with E-state index in [-0.39, 0.29) is 11.5 Å². The monoisotopic (exact) mass is 256 g/mol. The van der Waals surface area contributed by atoms with E-state index in [0.717, 1.165) is 6.54 Å². The van der Waals surface area contributed by atoms with Gasteiger partial charge in [-0.2, -0.15) is 11.8 Å². The Kier molecular flexibility index (Phi) is 4.56. The van der Waals surface area contributed by atoms with Gasteiger partial charge in [0.2, 0.25) is 0 Å². The molecular formula is C12H24N4S. The molecule has 1 heterocycles. The second-order valence-corrected chi connectivity index (χ2v) is 6.35. The molecule has 1 saturated heterocycles. The standard InChI is InChI=1S/C12H24N4S/c13-11(14)15-10-12(4-2-1-3-5-12)16-6-8-17-9-7-16/h1-10H2,(H4,13,14,15). The normalized spacial score (nSPS) is 25.4. The Bertz CT molecular complexity index is 264. The van der Waals surface area contributed by atoms with Gasteiger partial charge in [-0.3, -0.25) is 9.89 Å². The summed E-state index contributed by atoms with van der Waals surface area (Å²) >= 11 is 2.06. The summed E-state index contributed by atoms with van der Waals surface area (Å²) in [6, 6.07) is 0. The van der Waals surface area contributed by atoms with E-state index in [2.05, 4.69) is 21.7 Å². The molecule has 4 nitrogen and oxygen atoms in total. The van der Waals surface area contributed by atoms with Crippen LogP contribution in [0.15, 0.2) is 4.99 Å². The van der Waals surface area contributed by atoms with Gasteiger partial charge in [-0.15, -0.1) is 0 Å². The van der Waals surface area contributed by atoms with E-state index in [9.17, 15) is 0 Å². The van der Waals surface area contributed by atoms with Crippen LogP contribution in [0.3, 0.4) is 0 Å². The first-order valence-electron chi connectivity index (χ1n) is 6.61. The minimum Gasteiger partial charge on any atom is -0.370 e. The summed E-state index contributed by atoms with van der Waals surface area (Å²) < 4.78 is 0. The van der Waals surface area contributed by atoms with E-state index in [1.807, 2.05) is 0 Å². The number of nitrogens with two attached hydrogens (primary N) is 2. The van der Waals surface area contributed by atoms with Crippen molar-refractivity contribution < 1.29 is 0 Å². The topological polar surface area (TPSA) is 67.6 Å². The second kappa shape index (κ2) is 5.96. The molecule has 0 amide bonds. The number of hydrogen-bond acceptors (Lipinski definition) is 3. The van der Waals surface area contributed by atoms with Gasteiger partial charge < -0.3 is 11.5 Å². The highest BCUT2D eigenvalue weighted by Gasteiger charge is 2.38. The lowest BCUT2D eigenvalue weighted by Crippen LogP contribution is -2.55. The summed E-state index contributed by atoms with van der Waals surface area (Å²) in [5, 5.41) is 0. The minimum absolute atomic E-state index is 0.237. The summed E-state index contributed by atoms with van der Waals surface area (Å²) in [6.45, 7) is 3.19. The molecule has 1 saturated carbocycles. The number of nitrogens with zero attached hydrogens (tertiary/aromatic N) is 2. The van der Waals surface area contributed by atoms with Crippen LogP contribution >= 0.6 is 11.8 Å². The zero-order valence-electron chi connectivity index (χ0n) is 10.5. The Morgan fingerprint density at radius 2 is 1.76 bits per heavy atom. The zero-order chi connectivity index (χ0) is 12.1. The molecule has 2 fully saturated rings. The van der Waals surface area contributed by atoms with Crippen LogP contribution in [0, 0.1) is 0 Å². The highest BCUT2D eigenvalue weighted by atomic mass is 32.2. The third kappa shape index (κ3) is 3.28. The Morgan fingerprint density at radius 3 is 2.35 bits per heavy atom. The fraction of sp³-hybridized carbons (Fsp3) is 0.917. The molecule has 0 spiro atoms. The molecule has 0 radical (unpaired) electrons. The van der Waals surface area contributed by atoms with Gasteiger partial charge in [0.25, 0.3) is 0 Å². The van der Waals surface area contributed by atoms with E-state index in [4.69, 9.17) is 11.5 Å². The van der Waals surface area contributed by atoms with Gasteiger partial charge in [0.05, 0.1) is 6.54 Å². The maximum Gasteiger partial charge on any atom is 0.185 e. The lowest BCUT2D eigenvalue weighted by Gasteiger charge is -2.47. The van der Waals surface area contributed by atoms with Crippen molar-refractivity contribution in [2.45, 2.75) is 37.6 Å². The van der Waals surface area contributed by atoms with Crippen molar-refractivity contribution in [2.75, 3.05) is 31.1 Å². The molecule has 5 heteroatoms. The highest BCUT2D eigenvalue weighted by molar-refractivity contribution is 7.99. The third-order valence-electron chi connectivity index (χ3n) is 4.02. The molecule has 4 N–H and O–H groups in total. The molecule has 0 aromatic heterocycles. The van der Waals surface area contributed by atoms with Gasteiger partial charge >= 0.3 is 0 Å². The quantitative estimate of drug-likeness (QED) is 0.584. The number of thioether (sulfide) groups is 1. The molecule has 0 aromatic carbocycles. The minimum atomic E-state index is 0.237. The summed E-state index contributed by atoms with van der Waals surface area (Å²) in [4.78, 5) is 6.97. The predicted molar refractivity (Wildman–Crippen MR) is 75.4 cm³/mol. The summed E-state index contributed by atoms with van der Waals surface area (Å²) in [7, 11) is 0. The Labute approximate surface area is 108 Å². The van der Waals surface area contributed by atoms with Gasteiger partial charge in [-0.1, -0.05) is 19.3 Å².